The first-order valence-corrected chi connectivity index (χ1v) is 15.4. The molecule has 0 bridgehead atoms. The summed E-state index contributed by atoms with van der Waals surface area (Å²) in [6.07, 6.45) is 28.9. The molecule has 0 radical (unpaired) electrons. The van der Waals surface area contributed by atoms with E-state index in [0.29, 0.717) is 0 Å². The van der Waals surface area contributed by atoms with Crippen LogP contribution >= 0.6 is 0 Å². The van der Waals surface area contributed by atoms with Crippen molar-refractivity contribution in [2.24, 2.45) is 0 Å². The zero-order valence-corrected chi connectivity index (χ0v) is 23.6. The molecule has 0 amide bonds. The Labute approximate surface area is 208 Å². The van der Waals surface area contributed by atoms with Crippen molar-refractivity contribution in [2.75, 3.05) is 27.2 Å². The monoisotopic (exact) mass is 496 g/mol. The predicted octanol–water partition coefficient (Wildman–Crippen LogP) is 4.86. The Morgan fingerprint density at radius 2 is 0.636 bits per heavy atom. The molecule has 0 aliphatic carbocycles. The summed E-state index contributed by atoms with van der Waals surface area (Å²) in [7, 11) is -0.846. The smallest absolute Gasteiger partial charge is 0.0753 e. The summed E-state index contributed by atoms with van der Waals surface area (Å²) >= 11 is 0. The second-order valence-corrected chi connectivity index (χ2v) is 9.98. The van der Waals surface area contributed by atoms with Gasteiger partial charge in [-0.15, -0.1) is 0 Å². The van der Waals surface area contributed by atoms with Crippen molar-refractivity contribution in [2.45, 2.75) is 142 Å². The topological polar surface area (TPSA) is 113 Å². The van der Waals surface area contributed by atoms with Gasteiger partial charge in [-0.05, 0) is 25.7 Å². The average molecular weight is 497 g/mol. The van der Waals surface area contributed by atoms with Crippen molar-refractivity contribution in [1.82, 2.24) is 0 Å². The lowest BCUT2D eigenvalue weighted by Gasteiger charge is -2.06. The first-order valence-electron chi connectivity index (χ1n) is 14.1. The van der Waals surface area contributed by atoms with E-state index < -0.39 is 10.4 Å². The van der Waals surface area contributed by atoms with Crippen molar-refractivity contribution in [3.05, 3.63) is 0 Å². The Hall–Kier alpha value is -0.210. The third kappa shape index (κ3) is 59.4. The van der Waals surface area contributed by atoms with Crippen LogP contribution in [0.2, 0.25) is 0 Å². The number of unbranched alkanes of at least 4 members (excludes halogenated alkanes) is 18. The maximum absolute atomic E-state index is 8.52. The van der Waals surface area contributed by atoms with Gasteiger partial charge >= 0.3 is 0 Å². The number of nitrogens with two attached hydrogens (primary N) is 2. The summed E-state index contributed by atoms with van der Waals surface area (Å²) in [5.74, 6) is 0. The molecular formula is C26H60N2O4S. The van der Waals surface area contributed by atoms with Gasteiger partial charge in [0.1, 0.15) is 0 Å². The first kappa shape index (κ1) is 37.3. The summed E-state index contributed by atoms with van der Waals surface area (Å²) in [5, 5.41) is 4.56. The third-order valence-electron chi connectivity index (χ3n) is 5.69. The fraction of sp³-hybridized carbons (Fsp3) is 1.00. The Bertz CT molecular complexity index is 365. The molecule has 7 heteroatoms. The lowest BCUT2D eigenvalue weighted by atomic mass is 10.1. The minimum atomic E-state index is -5.17. The van der Waals surface area contributed by atoms with Crippen molar-refractivity contribution in [3.8, 4) is 0 Å². The number of rotatable bonds is 22. The zero-order valence-electron chi connectivity index (χ0n) is 22.8. The van der Waals surface area contributed by atoms with Crippen LogP contribution in [0.3, 0.4) is 0 Å². The van der Waals surface area contributed by atoms with Crippen LogP contribution in [-0.2, 0) is 10.4 Å². The minimum Gasteiger partial charge on any atom is -0.759 e. The molecule has 0 saturated carbocycles. The molecule has 33 heavy (non-hydrogen) atoms. The van der Waals surface area contributed by atoms with Crippen LogP contribution in [0, 0.1) is 0 Å². The fourth-order valence-electron chi connectivity index (χ4n) is 3.67. The predicted molar refractivity (Wildman–Crippen MR) is 140 cm³/mol. The van der Waals surface area contributed by atoms with Crippen molar-refractivity contribution >= 4 is 10.4 Å². The zero-order chi connectivity index (χ0) is 25.5. The van der Waals surface area contributed by atoms with Crippen molar-refractivity contribution in [3.63, 3.8) is 0 Å². The maximum Gasteiger partial charge on any atom is 0.0753 e. The molecule has 0 spiro atoms. The highest BCUT2D eigenvalue weighted by Gasteiger charge is 1.93. The summed E-state index contributed by atoms with van der Waals surface area (Å²) in [6, 6.07) is 0. The van der Waals surface area contributed by atoms with Gasteiger partial charge in [0.05, 0.1) is 27.2 Å². The van der Waals surface area contributed by atoms with E-state index in [9.17, 15) is 0 Å². The highest BCUT2D eigenvalue weighted by molar-refractivity contribution is 7.79. The Morgan fingerprint density at radius 3 is 0.818 bits per heavy atom. The molecule has 0 aromatic rings. The number of hydrogen-bond acceptors (Lipinski definition) is 4. The van der Waals surface area contributed by atoms with Gasteiger partial charge in [0, 0.05) is 10.4 Å². The molecule has 0 rings (SSSR count). The van der Waals surface area contributed by atoms with E-state index in [1.165, 1.54) is 142 Å². The molecule has 0 aromatic heterocycles. The van der Waals surface area contributed by atoms with E-state index in [1.54, 1.807) is 0 Å². The van der Waals surface area contributed by atoms with Gasteiger partial charge in [-0.3, -0.25) is 8.42 Å². The van der Waals surface area contributed by atoms with E-state index in [0.717, 1.165) is 0 Å². The molecule has 0 aliphatic heterocycles. The van der Waals surface area contributed by atoms with Crippen LogP contribution in [0.4, 0.5) is 0 Å². The SMILES string of the molecule is CCCCCCCCCCCC[NH2+]C.CCCCCCCCCCCC[NH2+]C.O=S(=O)([O-])[O-]. The summed E-state index contributed by atoms with van der Waals surface area (Å²) in [4.78, 5) is 0. The van der Waals surface area contributed by atoms with E-state index in [-0.39, 0.29) is 0 Å². The van der Waals surface area contributed by atoms with E-state index in [2.05, 4.69) is 38.6 Å². The first-order chi connectivity index (χ1) is 15.8. The van der Waals surface area contributed by atoms with Gasteiger partial charge in [0.15, 0.2) is 0 Å². The quantitative estimate of drug-likeness (QED) is 0.126. The van der Waals surface area contributed by atoms with Crippen LogP contribution in [0.15, 0.2) is 0 Å². The van der Waals surface area contributed by atoms with Crippen LogP contribution in [0.5, 0.6) is 0 Å². The second-order valence-electron chi connectivity index (χ2n) is 9.17. The van der Waals surface area contributed by atoms with Gasteiger partial charge in [-0.2, -0.15) is 0 Å². The van der Waals surface area contributed by atoms with Crippen LogP contribution in [0.1, 0.15) is 142 Å². The molecule has 0 aromatic carbocycles. The molecule has 0 unspecified atom stereocenters. The summed E-state index contributed by atoms with van der Waals surface area (Å²) in [5.41, 5.74) is 0. The van der Waals surface area contributed by atoms with Gasteiger partial charge in [-0.1, -0.05) is 117 Å². The van der Waals surface area contributed by atoms with Gasteiger partial charge in [-0.25, -0.2) is 0 Å². The third-order valence-corrected chi connectivity index (χ3v) is 5.69. The van der Waals surface area contributed by atoms with Gasteiger partial charge < -0.3 is 19.7 Å². The highest BCUT2D eigenvalue weighted by atomic mass is 32.3. The van der Waals surface area contributed by atoms with Crippen molar-refractivity contribution < 1.29 is 28.2 Å². The van der Waals surface area contributed by atoms with Crippen LogP contribution < -0.4 is 10.6 Å². The van der Waals surface area contributed by atoms with Crippen molar-refractivity contribution in [1.29, 1.82) is 0 Å². The number of quaternary nitrogens is 2. The van der Waals surface area contributed by atoms with E-state index in [4.69, 9.17) is 17.5 Å². The van der Waals surface area contributed by atoms with E-state index >= 15 is 0 Å². The molecule has 4 N–H and O–H groups in total. The number of hydrogen-bond donors (Lipinski definition) is 2. The minimum absolute atomic E-state index is 1.32. The lowest BCUT2D eigenvalue weighted by molar-refractivity contribution is -0.627. The second kappa shape index (κ2) is 34.0. The van der Waals surface area contributed by atoms with E-state index in [1.807, 2.05) is 0 Å². The lowest BCUT2D eigenvalue weighted by Crippen LogP contribution is -2.79. The summed E-state index contributed by atoms with van der Waals surface area (Å²) in [6.45, 7) is 7.20. The standard InChI is InChI=1S/2C13H29N.H2O4S/c2*1-3-4-5-6-7-8-9-10-11-12-13-14-2;1-5(2,3)4/h2*14H,3-13H2,1-2H3;(H2,1,2,3,4). The maximum atomic E-state index is 8.52. The molecule has 0 saturated heterocycles. The Balaban J connectivity index is -0.000000453. The summed E-state index contributed by atoms with van der Waals surface area (Å²) < 4.78 is 34.1. The molecular weight excluding hydrogens is 436 g/mol. The van der Waals surface area contributed by atoms with Gasteiger partial charge in [0.25, 0.3) is 0 Å². The molecule has 0 heterocycles. The fourth-order valence-corrected chi connectivity index (χ4v) is 3.67. The molecule has 0 fully saturated rings. The largest absolute Gasteiger partial charge is 0.759 e. The molecule has 204 valence electrons. The molecule has 6 nitrogen and oxygen atoms in total. The molecule has 0 atom stereocenters. The Morgan fingerprint density at radius 1 is 0.455 bits per heavy atom. The Kier molecular flexibility index (Phi) is 38.4. The van der Waals surface area contributed by atoms with Crippen LogP contribution in [0.25, 0.3) is 0 Å². The van der Waals surface area contributed by atoms with Crippen LogP contribution in [-0.4, -0.2) is 44.7 Å². The highest BCUT2D eigenvalue weighted by Crippen LogP contribution is 2.10. The average Bonchev–Trinajstić information content (AvgIpc) is 2.76. The molecule has 0 aliphatic rings. The normalized spacial score (nSPS) is 10.8. The van der Waals surface area contributed by atoms with Gasteiger partial charge in [0.2, 0.25) is 0 Å².